The van der Waals surface area contributed by atoms with Crippen molar-refractivity contribution in [2.24, 2.45) is 16.9 Å². The standard InChI is InChI=1S/C21H26F3N5/c1-3-5-6-13-9-17(15-11-26-29-20(15)21(22,23)24)25-10-14(13)18-16(4-2)27-28-19(18)12-7-8-12/h4,9-12,16-18,25,27H,2-3,5-8H2,1H3,(H,26,29). The van der Waals surface area contributed by atoms with Crippen molar-refractivity contribution < 1.29 is 13.2 Å². The van der Waals surface area contributed by atoms with E-state index in [-0.39, 0.29) is 17.5 Å². The van der Waals surface area contributed by atoms with Crippen LogP contribution in [0.5, 0.6) is 0 Å². The van der Waals surface area contributed by atoms with E-state index in [1.165, 1.54) is 6.20 Å². The van der Waals surface area contributed by atoms with Gasteiger partial charge in [-0.1, -0.05) is 25.5 Å². The first-order valence-electron chi connectivity index (χ1n) is 10.2. The molecular weight excluding hydrogens is 379 g/mol. The summed E-state index contributed by atoms with van der Waals surface area (Å²) in [6, 6.07) is -0.571. The van der Waals surface area contributed by atoms with Crippen LogP contribution in [0.15, 0.2) is 47.4 Å². The van der Waals surface area contributed by atoms with Crippen molar-refractivity contribution in [3.8, 4) is 0 Å². The third kappa shape index (κ3) is 3.84. The van der Waals surface area contributed by atoms with Gasteiger partial charge in [0.2, 0.25) is 0 Å². The van der Waals surface area contributed by atoms with Gasteiger partial charge in [-0.05, 0) is 42.7 Å². The average molecular weight is 405 g/mol. The van der Waals surface area contributed by atoms with Crippen LogP contribution in [0.25, 0.3) is 0 Å². The van der Waals surface area contributed by atoms with E-state index in [9.17, 15) is 13.2 Å². The number of hydrogen-bond donors (Lipinski definition) is 3. The second-order valence-electron chi connectivity index (χ2n) is 7.92. The van der Waals surface area contributed by atoms with Gasteiger partial charge >= 0.3 is 6.18 Å². The average Bonchev–Trinajstić information content (AvgIpc) is 3.25. The number of allylic oxidation sites excluding steroid dienone is 1. The summed E-state index contributed by atoms with van der Waals surface area (Å²) in [5.41, 5.74) is 5.82. The summed E-state index contributed by atoms with van der Waals surface area (Å²) < 4.78 is 40.0. The molecule has 2 aliphatic heterocycles. The molecule has 1 aromatic heterocycles. The minimum Gasteiger partial charge on any atom is -0.380 e. The molecule has 0 amide bonds. The number of dihydropyridines is 1. The zero-order valence-corrected chi connectivity index (χ0v) is 16.4. The van der Waals surface area contributed by atoms with Gasteiger partial charge in [-0.2, -0.15) is 23.4 Å². The normalized spacial score (nSPS) is 26.9. The third-order valence-electron chi connectivity index (χ3n) is 5.85. The summed E-state index contributed by atoms with van der Waals surface area (Å²) in [5, 5.41) is 13.5. The molecule has 5 nitrogen and oxygen atoms in total. The monoisotopic (exact) mass is 405 g/mol. The molecule has 3 aliphatic rings. The molecule has 3 atom stereocenters. The van der Waals surface area contributed by atoms with Crippen LogP contribution in [-0.4, -0.2) is 22.0 Å². The van der Waals surface area contributed by atoms with Gasteiger partial charge in [-0.3, -0.25) is 5.10 Å². The molecule has 1 fully saturated rings. The van der Waals surface area contributed by atoms with Gasteiger partial charge in [0.25, 0.3) is 0 Å². The number of nitrogens with zero attached hydrogens (tertiary/aromatic N) is 2. The van der Waals surface area contributed by atoms with Crippen LogP contribution >= 0.6 is 0 Å². The lowest BCUT2D eigenvalue weighted by molar-refractivity contribution is -0.141. The van der Waals surface area contributed by atoms with Gasteiger partial charge in [-0.15, -0.1) is 6.58 Å². The number of rotatable bonds is 7. The fourth-order valence-corrected chi connectivity index (χ4v) is 4.18. The summed E-state index contributed by atoms with van der Waals surface area (Å²) in [6.45, 7) is 6.06. The first kappa shape index (κ1) is 19.8. The fourth-order valence-electron chi connectivity index (χ4n) is 4.18. The van der Waals surface area contributed by atoms with E-state index in [4.69, 9.17) is 0 Å². The molecule has 156 valence electrons. The predicted octanol–water partition coefficient (Wildman–Crippen LogP) is 4.61. The van der Waals surface area contributed by atoms with E-state index in [2.05, 4.69) is 39.5 Å². The predicted molar refractivity (Wildman–Crippen MR) is 106 cm³/mol. The lowest BCUT2D eigenvalue weighted by atomic mass is 9.79. The molecular formula is C21H26F3N5. The molecule has 0 saturated heterocycles. The lowest BCUT2D eigenvalue weighted by Crippen LogP contribution is -2.33. The van der Waals surface area contributed by atoms with E-state index in [0.717, 1.165) is 49.0 Å². The highest BCUT2D eigenvalue weighted by Gasteiger charge is 2.43. The minimum atomic E-state index is -4.47. The van der Waals surface area contributed by atoms with E-state index >= 15 is 0 Å². The molecule has 3 N–H and O–H groups in total. The highest BCUT2D eigenvalue weighted by atomic mass is 19.4. The molecule has 3 heterocycles. The number of hydrazone groups is 1. The number of halogens is 3. The maximum Gasteiger partial charge on any atom is 0.433 e. The smallest absolute Gasteiger partial charge is 0.380 e. The largest absolute Gasteiger partial charge is 0.433 e. The molecule has 1 aliphatic carbocycles. The zero-order chi connectivity index (χ0) is 20.6. The first-order valence-corrected chi connectivity index (χ1v) is 10.2. The Morgan fingerprint density at radius 2 is 2.10 bits per heavy atom. The number of H-pyrrole nitrogens is 1. The number of aromatic nitrogens is 2. The molecule has 0 radical (unpaired) electrons. The molecule has 1 aromatic rings. The summed E-state index contributed by atoms with van der Waals surface area (Å²) in [4.78, 5) is 0. The summed E-state index contributed by atoms with van der Waals surface area (Å²) in [5.74, 6) is 0.567. The Hall–Kier alpha value is -2.51. The maximum atomic E-state index is 13.3. The van der Waals surface area contributed by atoms with Crippen molar-refractivity contribution in [3.05, 3.63) is 53.5 Å². The van der Waals surface area contributed by atoms with Gasteiger partial charge in [0.1, 0.15) is 5.69 Å². The zero-order valence-electron chi connectivity index (χ0n) is 16.4. The van der Waals surface area contributed by atoms with Gasteiger partial charge in [0.15, 0.2) is 0 Å². The number of unbranched alkanes of at least 4 members (excludes halogenated alkanes) is 1. The summed E-state index contributed by atoms with van der Waals surface area (Å²) in [7, 11) is 0. The highest BCUT2D eigenvalue weighted by Crippen LogP contribution is 2.43. The number of hydrogen-bond acceptors (Lipinski definition) is 4. The molecule has 0 spiro atoms. The summed E-state index contributed by atoms with van der Waals surface area (Å²) >= 11 is 0. The van der Waals surface area contributed by atoms with E-state index < -0.39 is 17.9 Å². The van der Waals surface area contributed by atoms with Crippen molar-refractivity contribution in [1.29, 1.82) is 0 Å². The maximum absolute atomic E-state index is 13.3. The molecule has 0 aromatic carbocycles. The molecule has 4 rings (SSSR count). The Balaban J connectivity index is 1.66. The van der Waals surface area contributed by atoms with Crippen LogP contribution < -0.4 is 10.7 Å². The molecule has 0 bridgehead atoms. The van der Waals surface area contributed by atoms with Gasteiger partial charge in [0.05, 0.1) is 29.9 Å². The molecule has 3 unspecified atom stereocenters. The second-order valence-corrected chi connectivity index (χ2v) is 7.92. The number of nitrogens with one attached hydrogen (secondary N) is 3. The first-order chi connectivity index (χ1) is 13.9. The van der Waals surface area contributed by atoms with Crippen molar-refractivity contribution in [2.45, 2.75) is 57.3 Å². The van der Waals surface area contributed by atoms with Crippen LogP contribution in [0.1, 0.15) is 56.3 Å². The number of aromatic amines is 1. The van der Waals surface area contributed by atoms with E-state index in [1.54, 1.807) is 0 Å². The van der Waals surface area contributed by atoms with Crippen molar-refractivity contribution in [3.63, 3.8) is 0 Å². The highest BCUT2D eigenvalue weighted by molar-refractivity contribution is 5.95. The van der Waals surface area contributed by atoms with Crippen LogP contribution in [0, 0.1) is 11.8 Å². The Bertz CT molecular complexity index is 860. The minimum absolute atomic E-state index is 0.000104. The topological polar surface area (TPSA) is 65.1 Å². The fraction of sp³-hybridized carbons (Fsp3) is 0.524. The Morgan fingerprint density at radius 3 is 2.76 bits per heavy atom. The van der Waals surface area contributed by atoms with E-state index in [0.29, 0.717) is 5.92 Å². The molecule has 1 saturated carbocycles. The SMILES string of the molecule is C=CC1NN=C(C2CC2)C1C1=CNC(c2cn[nH]c2C(F)(F)F)C=C1CCCC. The van der Waals surface area contributed by atoms with Crippen LogP contribution in [0.4, 0.5) is 13.2 Å². The second kappa shape index (κ2) is 7.72. The van der Waals surface area contributed by atoms with Crippen LogP contribution in [-0.2, 0) is 6.18 Å². The van der Waals surface area contributed by atoms with Crippen molar-refractivity contribution in [1.82, 2.24) is 20.9 Å². The van der Waals surface area contributed by atoms with Crippen LogP contribution in [0.3, 0.4) is 0 Å². The van der Waals surface area contributed by atoms with Gasteiger partial charge in [0, 0.05) is 11.8 Å². The lowest BCUT2D eigenvalue weighted by Gasteiger charge is -2.30. The quantitative estimate of drug-likeness (QED) is 0.581. The summed E-state index contributed by atoms with van der Waals surface area (Å²) in [6.07, 6.45) is 7.55. The van der Waals surface area contributed by atoms with Crippen molar-refractivity contribution in [2.75, 3.05) is 0 Å². The Morgan fingerprint density at radius 1 is 1.31 bits per heavy atom. The van der Waals surface area contributed by atoms with E-state index in [1.807, 2.05) is 18.4 Å². The number of alkyl halides is 3. The Labute approximate surface area is 168 Å². The van der Waals surface area contributed by atoms with Gasteiger partial charge < -0.3 is 10.7 Å². The van der Waals surface area contributed by atoms with Crippen molar-refractivity contribution >= 4 is 5.71 Å². The van der Waals surface area contributed by atoms with Gasteiger partial charge in [-0.25, -0.2) is 0 Å². The Kier molecular flexibility index (Phi) is 5.27. The molecule has 29 heavy (non-hydrogen) atoms. The molecule has 8 heteroatoms. The third-order valence-corrected chi connectivity index (χ3v) is 5.85. The van der Waals surface area contributed by atoms with Crippen LogP contribution in [0.2, 0.25) is 0 Å².